The van der Waals surface area contributed by atoms with Crippen LogP contribution in [0.3, 0.4) is 0 Å². The number of rotatable bonds is 20. The maximum Gasteiger partial charge on any atom is 0.0243 e. The summed E-state index contributed by atoms with van der Waals surface area (Å²) in [5.41, 5.74) is 6.55. The van der Waals surface area contributed by atoms with Crippen LogP contribution in [0.1, 0.15) is 51.9 Å². The van der Waals surface area contributed by atoms with E-state index in [-0.39, 0.29) is 0 Å². The topological polar surface area (TPSA) is 38.0 Å². The maximum absolute atomic E-state index is 5.46. The molecule has 0 aromatic heterocycles. The third kappa shape index (κ3) is 24.7. The molecule has 0 radical (unpaired) electrons. The van der Waals surface area contributed by atoms with Gasteiger partial charge in [-0.15, -0.1) is 0 Å². The summed E-state index contributed by atoms with van der Waals surface area (Å²) < 4.78 is 0. The van der Waals surface area contributed by atoms with Crippen LogP contribution in [0.15, 0.2) is 85.2 Å². The second-order valence-corrected chi connectivity index (χ2v) is 9.28. The van der Waals surface area contributed by atoms with Gasteiger partial charge in [-0.25, -0.2) is 0 Å². The molecule has 168 valence electrons. The molecule has 0 saturated carbocycles. The average Bonchev–Trinajstić information content (AvgIpc) is 2.75. The smallest absolute Gasteiger partial charge is 0.0243 e. The molecule has 0 unspecified atom stereocenters. The van der Waals surface area contributed by atoms with Crippen LogP contribution in [-0.4, -0.2) is 24.6 Å². The van der Waals surface area contributed by atoms with E-state index in [1.165, 1.54) is 0 Å². The number of hydrogen-bond donors (Lipinski definition) is 2. The van der Waals surface area contributed by atoms with Crippen LogP contribution in [-0.2, 0) is 0 Å². The summed E-state index contributed by atoms with van der Waals surface area (Å²) in [4.78, 5) is 0. The van der Waals surface area contributed by atoms with Crippen LogP contribution in [0.5, 0.6) is 0 Å². The molecule has 0 bridgehead atoms. The first-order valence-corrected chi connectivity index (χ1v) is 13.6. The third-order valence-corrected chi connectivity index (χ3v) is 6.25. The fourth-order valence-corrected chi connectivity index (χ4v) is 4.02. The quantitative estimate of drug-likeness (QED) is 0.115. The monoisotopic (exact) mass is 446 g/mol. The van der Waals surface area contributed by atoms with Gasteiger partial charge in [0, 0.05) is 36.7 Å². The largest absolute Gasteiger partial charge is 0.388 e. The van der Waals surface area contributed by atoms with Crippen LogP contribution in [0.25, 0.3) is 0 Å². The first-order chi connectivity index (χ1) is 14.8. The van der Waals surface area contributed by atoms with Crippen molar-refractivity contribution in [1.82, 2.24) is 5.32 Å². The SMILES string of the molecule is C=C(C/C=C\C/C=C\C/C=C\C/C=C\C/C=C\C/C=C\CC)NCCSSCCN. The summed E-state index contributed by atoms with van der Waals surface area (Å²) in [6, 6.07) is 0. The molecule has 0 saturated heterocycles. The van der Waals surface area contributed by atoms with Crippen molar-refractivity contribution in [2.45, 2.75) is 51.9 Å². The van der Waals surface area contributed by atoms with Crippen molar-refractivity contribution < 1.29 is 0 Å². The molecule has 0 amide bonds. The molecule has 0 spiro atoms. The van der Waals surface area contributed by atoms with Crippen molar-refractivity contribution in [3.63, 3.8) is 0 Å². The van der Waals surface area contributed by atoms with Crippen molar-refractivity contribution in [2.75, 3.05) is 24.6 Å². The Kier molecular flexibility index (Phi) is 24.5. The Bertz CT molecular complexity index is 557. The number of nitrogens with two attached hydrogens (primary N) is 1. The maximum atomic E-state index is 5.46. The number of allylic oxidation sites excluding steroid dienone is 12. The first-order valence-electron chi connectivity index (χ1n) is 11.1. The van der Waals surface area contributed by atoms with E-state index in [0.717, 1.165) is 75.2 Å². The summed E-state index contributed by atoms with van der Waals surface area (Å²) >= 11 is 0. The lowest BCUT2D eigenvalue weighted by Gasteiger charge is -2.06. The highest BCUT2D eigenvalue weighted by molar-refractivity contribution is 8.76. The van der Waals surface area contributed by atoms with E-state index in [1.54, 1.807) is 0 Å². The normalized spacial score (nSPS) is 12.7. The molecular formula is C26H42N2S2. The Hall–Kier alpha value is -1.36. The van der Waals surface area contributed by atoms with Gasteiger partial charge < -0.3 is 11.1 Å². The van der Waals surface area contributed by atoms with Crippen LogP contribution in [0, 0.1) is 0 Å². The lowest BCUT2D eigenvalue weighted by molar-refractivity contribution is 0.839. The van der Waals surface area contributed by atoms with Gasteiger partial charge in [0.25, 0.3) is 0 Å². The summed E-state index contributed by atoms with van der Waals surface area (Å²) in [5.74, 6) is 2.09. The van der Waals surface area contributed by atoms with Crippen LogP contribution >= 0.6 is 21.6 Å². The molecule has 0 aromatic carbocycles. The Morgan fingerprint density at radius 3 is 1.60 bits per heavy atom. The molecule has 0 heterocycles. The van der Waals surface area contributed by atoms with E-state index in [1.807, 2.05) is 21.6 Å². The minimum Gasteiger partial charge on any atom is -0.388 e. The second kappa shape index (κ2) is 25.7. The molecule has 2 nitrogen and oxygen atoms in total. The predicted octanol–water partition coefficient (Wildman–Crippen LogP) is 7.52. The summed E-state index contributed by atoms with van der Waals surface area (Å²) in [5, 5.41) is 3.37. The van der Waals surface area contributed by atoms with Crippen LogP contribution < -0.4 is 11.1 Å². The molecule has 3 N–H and O–H groups in total. The molecule has 0 rings (SSSR count). The van der Waals surface area contributed by atoms with Gasteiger partial charge >= 0.3 is 0 Å². The van der Waals surface area contributed by atoms with E-state index >= 15 is 0 Å². The summed E-state index contributed by atoms with van der Waals surface area (Å²) in [6.07, 6.45) is 33.7. The van der Waals surface area contributed by atoms with Gasteiger partial charge in [-0.3, -0.25) is 0 Å². The molecule has 0 aliphatic rings. The van der Waals surface area contributed by atoms with Crippen molar-refractivity contribution in [3.8, 4) is 0 Å². The van der Waals surface area contributed by atoms with E-state index in [0.29, 0.717) is 0 Å². The van der Waals surface area contributed by atoms with E-state index in [4.69, 9.17) is 5.73 Å². The van der Waals surface area contributed by atoms with E-state index in [2.05, 4.69) is 91.7 Å². The first kappa shape index (κ1) is 28.6. The van der Waals surface area contributed by atoms with Crippen LogP contribution in [0.4, 0.5) is 0 Å². The molecule has 0 aromatic rings. The van der Waals surface area contributed by atoms with E-state index < -0.39 is 0 Å². The molecular weight excluding hydrogens is 404 g/mol. The molecule has 4 heteroatoms. The molecule has 0 aliphatic carbocycles. The van der Waals surface area contributed by atoms with Crippen molar-refractivity contribution >= 4 is 21.6 Å². The molecule has 0 atom stereocenters. The van der Waals surface area contributed by atoms with E-state index in [9.17, 15) is 0 Å². The number of nitrogens with one attached hydrogen (secondary N) is 1. The lowest BCUT2D eigenvalue weighted by atomic mass is 10.2. The summed E-state index contributed by atoms with van der Waals surface area (Å²) in [6.45, 7) is 7.94. The van der Waals surface area contributed by atoms with Crippen molar-refractivity contribution in [2.24, 2.45) is 5.73 Å². The van der Waals surface area contributed by atoms with Gasteiger partial charge in [0.1, 0.15) is 0 Å². The standard InChI is InChI=1S/C26H42N2S2/c1-3-4-5-6-7-8-9-10-11-12-13-14-15-16-17-18-19-20-21-26(2)28-23-25-30-29-24-22-27/h4-5,7-8,10-11,13-14,16-17,19-20,28H,2-3,6,9,12,15,18,21-25,27H2,1H3/b5-4-,8-7-,11-10-,14-13-,17-16-,20-19-. The Balaban J connectivity index is 3.55. The zero-order valence-corrected chi connectivity index (χ0v) is 20.4. The van der Waals surface area contributed by atoms with Gasteiger partial charge in [0.15, 0.2) is 0 Å². The van der Waals surface area contributed by atoms with Crippen LogP contribution in [0.2, 0.25) is 0 Å². The Morgan fingerprint density at radius 2 is 1.13 bits per heavy atom. The zero-order valence-electron chi connectivity index (χ0n) is 18.8. The highest BCUT2D eigenvalue weighted by Crippen LogP contribution is 2.19. The average molecular weight is 447 g/mol. The highest BCUT2D eigenvalue weighted by Gasteiger charge is 1.92. The highest BCUT2D eigenvalue weighted by atomic mass is 33.1. The minimum atomic E-state index is 0.750. The van der Waals surface area contributed by atoms with Gasteiger partial charge in [0.05, 0.1) is 0 Å². The van der Waals surface area contributed by atoms with Gasteiger partial charge in [-0.05, 0) is 38.5 Å². The minimum absolute atomic E-state index is 0.750. The molecule has 0 fully saturated rings. The Labute approximate surface area is 194 Å². The zero-order chi connectivity index (χ0) is 22.0. The fraction of sp³-hybridized carbons (Fsp3) is 0.462. The third-order valence-electron chi connectivity index (χ3n) is 3.81. The molecule has 0 aliphatic heterocycles. The summed E-state index contributed by atoms with van der Waals surface area (Å²) in [7, 11) is 3.70. The van der Waals surface area contributed by atoms with Crippen molar-refractivity contribution in [3.05, 3.63) is 85.2 Å². The van der Waals surface area contributed by atoms with Gasteiger partial charge in [0.2, 0.25) is 0 Å². The second-order valence-electron chi connectivity index (χ2n) is 6.58. The van der Waals surface area contributed by atoms with Gasteiger partial charge in [-0.1, -0.05) is 108 Å². The Morgan fingerprint density at radius 1 is 0.700 bits per heavy atom. The van der Waals surface area contributed by atoms with Gasteiger partial charge in [-0.2, -0.15) is 0 Å². The lowest BCUT2D eigenvalue weighted by Crippen LogP contribution is -2.15. The van der Waals surface area contributed by atoms with Crippen molar-refractivity contribution in [1.29, 1.82) is 0 Å². The number of hydrogen-bond acceptors (Lipinski definition) is 4. The fourth-order valence-electron chi connectivity index (χ4n) is 2.25. The molecule has 30 heavy (non-hydrogen) atoms. The predicted molar refractivity (Wildman–Crippen MR) is 144 cm³/mol.